The predicted octanol–water partition coefficient (Wildman–Crippen LogP) is 1.59. The van der Waals surface area contributed by atoms with E-state index in [2.05, 4.69) is 0 Å². The van der Waals surface area contributed by atoms with Crippen LogP contribution < -0.4 is 4.74 Å². The van der Waals surface area contributed by atoms with Crippen LogP contribution >= 0.6 is 0 Å². The zero-order valence-electron chi connectivity index (χ0n) is 9.97. The lowest BCUT2D eigenvalue weighted by Crippen LogP contribution is -2.29. The van der Waals surface area contributed by atoms with Gasteiger partial charge < -0.3 is 4.74 Å². The molecule has 1 atom stereocenters. The summed E-state index contributed by atoms with van der Waals surface area (Å²) in [4.78, 5) is 24.7. The van der Waals surface area contributed by atoms with Crippen molar-refractivity contribution < 1.29 is 14.3 Å². The number of carbonyl (C=O) groups excluding carboxylic acids is 2. The van der Waals surface area contributed by atoms with Crippen molar-refractivity contribution in [3.05, 3.63) is 29.8 Å². The first kappa shape index (κ1) is 11.6. The van der Waals surface area contributed by atoms with Gasteiger partial charge in [-0.3, -0.25) is 14.5 Å². The fourth-order valence-corrected chi connectivity index (χ4v) is 1.93. The van der Waals surface area contributed by atoms with E-state index in [1.54, 1.807) is 14.0 Å². The highest BCUT2D eigenvalue weighted by molar-refractivity contribution is 6.03. The molecule has 1 fully saturated rings. The number of hydrogen-bond donors (Lipinski definition) is 0. The molecule has 0 saturated carbocycles. The number of ether oxygens (including phenoxy) is 1. The van der Waals surface area contributed by atoms with E-state index in [0.717, 1.165) is 11.3 Å². The van der Waals surface area contributed by atoms with Gasteiger partial charge in [0.1, 0.15) is 5.75 Å². The van der Waals surface area contributed by atoms with Crippen LogP contribution in [0.15, 0.2) is 24.3 Å². The Hall–Kier alpha value is -1.84. The first-order valence-corrected chi connectivity index (χ1v) is 5.59. The number of carbonyl (C=O) groups is 2. The molecule has 0 bridgehead atoms. The normalized spacial score (nSPS) is 19.9. The van der Waals surface area contributed by atoms with Crippen molar-refractivity contribution in [3.8, 4) is 5.75 Å². The zero-order chi connectivity index (χ0) is 12.4. The Morgan fingerprint density at radius 1 is 1.29 bits per heavy atom. The third-order valence-electron chi connectivity index (χ3n) is 2.97. The second kappa shape index (κ2) is 4.57. The average molecular weight is 233 g/mol. The third-order valence-corrected chi connectivity index (χ3v) is 2.97. The number of benzene rings is 1. The van der Waals surface area contributed by atoms with Crippen LogP contribution in [-0.2, 0) is 16.1 Å². The highest BCUT2D eigenvalue weighted by atomic mass is 16.5. The molecule has 90 valence electrons. The number of likely N-dealkylation sites (tertiary alicyclic amines) is 1. The molecule has 1 heterocycles. The number of rotatable bonds is 3. The summed E-state index contributed by atoms with van der Waals surface area (Å²) in [5, 5.41) is 0. The van der Waals surface area contributed by atoms with E-state index < -0.39 is 0 Å². The molecule has 0 spiro atoms. The molecule has 1 saturated heterocycles. The number of methoxy groups -OCH3 is 1. The van der Waals surface area contributed by atoms with Crippen molar-refractivity contribution in [2.75, 3.05) is 7.11 Å². The van der Waals surface area contributed by atoms with Crippen LogP contribution in [0.5, 0.6) is 5.75 Å². The number of imide groups is 1. The van der Waals surface area contributed by atoms with Gasteiger partial charge in [-0.05, 0) is 17.7 Å². The maximum absolute atomic E-state index is 11.7. The van der Waals surface area contributed by atoms with Crippen LogP contribution in [0.25, 0.3) is 0 Å². The molecular formula is C13H15NO3. The Morgan fingerprint density at radius 3 is 2.41 bits per heavy atom. The quantitative estimate of drug-likeness (QED) is 0.745. The van der Waals surface area contributed by atoms with E-state index in [1.165, 1.54) is 4.90 Å². The van der Waals surface area contributed by atoms with Crippen LogP contribution in [0.1, 0.15) is 18.9 Å². The highest BCUT2D eigenvalue weighted by Gasteiger charge is 2.35. The molecule has 4 heteroatoms. The van der Waals surface area contributed by atoms with Gasteiger partial charge in [-0.25, -0.2) is 0 Å². The molecule has 0 unspecified atom stereocenters. The summed E-state index contributed by atoms with van der Waals surface area (Å²) in [6.07, 6.45) is 0.328. The van der Waals surface area contributed by atoms with Crippen molar-refractivity contribution in [2.24, 2.45) is 5.92 Å². The number of amides is 2. The minimum absolute atomic E-state index is 0.0779. The van der Waals surface area contributed by atoms with Crippen molar-refractivity contribution in [3.63, 3.8) is 0 Å². The highest BCUT2D eigenvalue weighted by Crippen LogP contribution is 2.21. The van der Waals surface area contributed by atoms with Crippen molar-refractivity contribution in [2.45, 2.75) is 19.9 Å². The van der Waals surface area contributed by atoms with Gasteiger partial charge in [0.2, 0.25) is 11.8 Å². The number of nitrogens with zero attached hydrogens (tertiary/aromatic N) is 1. The molecule has 1 aliphatic heterocycles. The van der Waals surface area contributed by atoms with Gasteiger partial charge in [0.15, 0.2) is 0 Å². The molecule has 1 aromatic carbocycles. The molecular weight excluding hydrogens is 218 g/mol. The van der Waals surface area contributed by atoms with E-state index in [9.17, 15) is 9.59 Å². The van der Waals surface area contributed by atoms with Crippen LogP contribution in [0.3, 0.4) is 0 Å². The molecule has 4 nitrogen and oxygen atoms in total. The van der Waals surface area contributed by atoms with Crippen molar-refractivity contribution in [1.29, 1.82) is 0 Å². The monoisotopic (exact) mass is 233 g/mol. The SMILES string of the molecule is COc1ccc(CN2C(=O)C[C@@H](C)C2=O)cc1. The smallest absolute Gasteiger partial charge is 0.232 e. The van der Waals surface area contributed by atoms with E-state index in [0.29, 0.717) is 13.0 Å². The van der Waals surface area contributed by atoms with E-state index in [-0.39, 0.29) is 17.7 Å². The largest absolute Gasteiger partial charge is 0.497 e. The lowest BCUT2D eigenvalue weighted by molar-refractivity contribution is -0.139. The van der Waals surface area contributed by atoms with Gasteiger partial charge in [0.25, 0.3) is 0 Å². The minimum atomic E-state index is -0.180. The van der Waals surface area contributed by atoms with E-state index >= 15 is 0 Å². The summed E-state index contributed by atoms with van der Waals surface area (Å²) in [6, 6.07) is 7.37. The Morgan fingerprint density at radius 2 is 1.94 bits per heavy atom. The van der Waals surface area contributed by atoms with Crippen LogP contribution in [0.4, 0.5) is 0 Å². The summed E-state index contributed by atoms with van der Waals surface area (Å²) in [5.74, 6) is 0.422. The fourth-order valence-electron chi connectivity index (χ4n) is 1.93. The summed E-state index contributed by atoms with van der Waals surface area (Å²) in [7, 11) is 1.60. The number of hydrogen-bond acceptors (Lipinski definition) is 3. The van der Waals surface area contributed by atoms with Gasteiger partial charge >= 0.3 is 0 Å². The Labute approximate surface area is 100 Å². The van der Waals surface area contributed by atoms with Crippen molar-refractivity contribution in [1.82, 2.24) is 4.90 Å². The molecule has 1 aliphatic rings. The topological polar surface area (TPSA) is 46.6 Å². The van der Waals surface area contributed by atoms with Crippen LogP contribution in [0, 0.1) is 5.92 Å². The van der Waals surface area contributed by atoms with E-state index in [4.69, 9.17) is 4.74 Å². The molecule has 0 radical (unpaired) electrons. The first-order valence-electron chi connectivity index (χ1n) is 5.59. The molecule has 17 heavy (non-hydrogen) atoms. The Bertz CT molecular complexity index is 438. The van der Waals surface area contributed by atoms with Gasteiger partial charge in [-0.15, -0.1) is 0 Å². The maximum atomic E-state index is 11.7. The molecule has 2 rings (SSSR count). The second-order valence-corrected chi connectivity index (χ2v) is 4.27. The molecule has 0 aromatic heterocycles. The predicted molar refractivity (Wildman–Crippen MR) is 62.3 cm³/mol. The minimum Gasteiger partial charge on any atom is -0.497 e. The lowest BCUT2D eigenvalue weighted by Gasteiger charge is -2.14. The van der Waals surface area contributed by atoms with Crippen molar-refractivity contribution >= 4 is 11.8 Å². The molecule has 0 N–H and O–H groups in total. The Balaban J connectivity index is 2.10. The lowest BCUT2D eigenvalue weighted by atomic mass is 10.1. The summed E-state index contributed by atoms with van der Waals surface area (Å²) in [6.45, 7) is 2.14. The zero-order valence-corrected chi connectivity index (χ0v) is 9.97. The fraction of sp³-hybridized carbons (Fsp3) is 0.385. The maximum Gasteiger partial charge on any atom is 0.232 e. The third kappa shape index (κ3) is 2.30. The van der Waals surface area contributed by atoms with Gasteiger partial charge in [-0.1, -0.05) is 19.1 Å². The van der Waals surface area contributed by atoms with Gasteiger partial charge in [0.05, 0.1) is 13.7 Å². The average Bonchev–Trinajstić information content (AvgIpc) is 2.57. The molecule has 2 amide bonds. The van der Waals surface area contributed by atoms with Gasteiger partial charge in [0, 0.05) is 12.3 Å². The van der Waals surface area contributed by atoms with Crippen LogP contribution in [0.2, 0.25) is 0 Å². The summed E-state index contributed by atoms with van der Waals surface area (Å²) < 4.78 is 5.05. The molecule has 0 aliphatic carbocycles. The van der Waals surface area contributed by atoms with E-state index in [1.807, 2.05) is 24.3 Å². The summed E-state index contributed by atoms with van der Waals surface area (Å²) in [5.41, 5.74) is 0.932. The van der Waals surface area contributed by atoms with Crippen LogP contribution in [-0.4, -0.2) is 23.8 Å². The standard InChI is InChI=1S/C13H15NO3/c1-9-7-12(15)14(13(9)16)8-10-3-5-11(17-2)6-4-10/h3-6,9H,7-8H2,1-2H3/t9-/m1/s1. The first-order chi connectivity index (χ1) is 8.11. The molecule has 1 aromatic rings. The second-order valence-electron chi connectivity index (χ2n) is 4.27. The Kier molecular flexibility index (Phi) is 3.13. The van der Waals surface area contributed by atoms with Gasteiger partial charge in [-0.2, -0.15) is 0 Å². The summed E-state index contributed by atoms with van der Waals surface area (Å²) >= 11 is 0.